The number of pyridine rings is 1. The van der Waals surface area contributed by atoms with E-state index in [1.54, 1.807) is 29.1 Å². The molecule has 0 amide bonds. The van der Waals surface area contributed by atoms with Gasteiger partial charge >= 0.3 is 0 Å². The summed E-state index contributed by atoms with van der Waals surface area (Å²) in [6.45, 7) is 1.31. The lowest BCUT2D eigenvalue weighted by molar-refractivity contribution is -0.0736. The number of β-amino-alcohol motifs (C(OH)–C–C–N with tert-alkyl or cyclic N) is 2. The van der Waals surface area contributed by atoms with E-state index in [1.807, 2.05) is 24.1 Å². The Bertz CT molecular complexity index is 1210. The van der Waals surface area contributed by atoms with Gasteiger partial charge in [0.25, 0.3) is 0 Å². The van der Waals surface area contributed by atoms with Gasteiger partial charge in [0, 0.05) is 57.3 Å². The normalized spacial score (nSPS) is 25.8. The number of nitrogens with zero attached hydrogens (tertiary/aromatic N) is 5. The summed E-state index contributed by atoms with van der Waals surface area (Å²) in [7, 11) is -1.90. The lowest BCUT2D eigenvalue weighted by Crippen LogP contribution is -2.57. The van der Waals surface area contributed by atoms with Gasteiger partial charge in [0.15, 0.2) is 5.65 Å². The van der Waals surface area contributed by atoms with Crippen LogP contribution < -0.4 is 0 Å². The SMILES string of the molecule is Cn1nc(C2CN(C[C@]3(O)CN(S(=O)(=O)c4ccccc4)C[C@H]3O)C2)c2cccnc21. The van der Waals surface area contributed by atoms with E-state index < -0.39 is 21.7 Å². The zero-order chi connectivity index (χ0) is 21.8. The van der Waals surface area contributed by atoms with Crippen LogP contribution in [-0.2, 0) is 17.1 Å². The van der Waals surface area contributed by atoms with Gasteiger partial charge in [-0.05, 0) is 24.3 Å². The molecule has 0 aliphatic carbocycles. The quantitative estimate of drug-likeness (QED) is 0.578. The molecule has 1 aromatic carbocycles. The molecule has 31 heavy (non-hydrogen) atoms. The molecule has 164 valence electrons. The molecule has 0 unspecified atom stereocenters. The van der Waals surface area contributed by atoms with Gasteiger partial charge in [0.1, 0.15) is 5.60 Å². The van der Waals surface area contributed by atoms with E-state index in [9.17, 15) is 18.6 Å². The molecule has 0 radical (unpaired) electrons. The van der Waals surface area contributed by atoms with Crippen LogP contribution in [0.5, 0.6) is 0 Å². The number of hydrogen-bond donors (Lipinski definition) is 2. The van der Waals surface area contributed by atoms with Crippen molar-refractivity contribution in [3.63, 3.8) is 0 Å². The van der Waals surface area contributed by atoms with Crippen LogP contribution in [0.1, 0.15) is 11.6 Å². The Balaban J connectivity index is 1.27. The van der Waals surface area contributed by atoms with Crippen molar-refractivity contribution in [1.29, 1.82) is 0 Å². The van der Waals surface area contributed by atoms with Gasteiger partial charge in [-0.2, -0.15) is 9.40 Å². The average Bonchev–Trinajstić information content (AvgIpc) is 3.23. The molecule has 0 saturated carbocycles. The van der Waals surface area contributed by atoms with Gasteiger partial charge < -0.3 is 10.2 Å². The van der Waals surface area contributed by atoms with E-state index >= 15 is 0 Å². The summed E-state index contributed by atoms with van der Waals surface area (Å²) in [6.07, 6.45) is 0.595. The van der Waals surface area contributed by atoms with Gasteiger partial charge in [0.2, 0.25) is 10.0 Å². The first-order chi connectivity index (χ1) is 14.8. The van der Waals surface area contributed by atoms with Crippen LogP contribution in [0.3, 0.4) is 0 Å². The van der Waals surface area contributed by atoms with E-state index in [2.05, 4.69) is 10.1 Å². The largest absolute Gasteiger partial charge is 0.389 e. The molecule has 2 aliphatic heterocycles. The van der Waals surface area contributed by atoms with Gasteiger partial charge in [-0.25, -0.2) is 13.4 Å². The Kier molecular flexibility index (Phi) is 4.87. The molecule has 9 nitrogen and oxygen atoms in total. The highest BCUT2D eigenvalue weighted by atomic mass is 32.2. The van der Waals surface area contributed by atoms with Crippen LogP contribution >= 0.6 is 0 Å². The molecule has 2 atom stereocenters. The minimum atomic E-state index is -3.77. The van der Waals surface area contributed by atoms with Gasteiger partial charge in [0.05, 0.1) is 16.7 Å². The molecule has 0 bridgehead atoms. The average molecular weight is 444 g/mol. The summed E-state index contributed by atoms with van der Waals surface area (Å²) < 4.78 is 28.7. The fourth-order valence-corrected chi connectivity index (χ4v) is 6.13. The van der Waals surface area contributed by atoms with Crippen molar-refractivity contribution in [3.8, 4) is 0 Å². The minimum Gasteiger partial charge on any atom is -0.389 e. The number of fused-ring (bicyclic) bond motifs is 1. The first-order valence-electron chi connectivity index (χ1n) is 10.2. The summed E-state index contributed by atoms with van der Waals surface area (Å²) in [6, 6.07) is 12.0. The van der Waals surface area contributed by atoms with Crippen LogP contribution in [0.2, 0.25) is 0 Å². The summed E-state index contributed by atoms with van der Waals surface area (Å²) in [5.41, 5.74) is 0.303. The second-order valence-electron chi connectivity index (χ2n) is 8.50. The number of benzene rings is 1. The van der Waals surface area contributed by atoms with E-state index in [4.69, 9.17) is 0 Å². The Morgan fingerprint density at radius 1 is 1.13 bits per heavy atom. The van der Waals surface area contributed by atoms with Crippen molar-refractivity contribution in [2.24, 2.45) is 7.05 Å². The second-order valence-corrected chi connectivity index (χ2v) is 10.4. The molecule has 2 aliphatic rings. The van der Waals surface area contributed by atoms with Crippen molar-refractivity contribution in [2.45, 2.75) is 22.5 Å². The lowest BCUT2D eigenvalue weighted by Gasteiger charge is -2.43. The van der Waals surface area contributed by atoms with Crippen LogP contribution in [0.15, 0.2) is 53.6 Å². The van der Waals surface area contributed by atoms with Crippen LogP contribution in [0.25, 0.3) is 11.0 Å². The van der Waals surface area contributed by atoms with E-state index in [1.165, 1.54) is 16.4 Å². The van der Waals surface area contributed by atoms with E-state index in [0.29, 0.717) is 13.1 Å². The van der Waals surface area contributed by atoms with Crippen molar-refractivity contribution >= 4 is 21.1 Å². The first kappa shape index (κ1) is 20.5. The predicted octanol–water partition coefficient (Wildman–Crippen LogP) is 0.164. The van der Waals surface area contributed by atoms with Crippen LogP contribution in [0.4, 0.5) is 0 Å². The fraction of sp³-hybridized carbons (Fsp3) is 0.429. The van der Waals surface area contributed by atoms with E-state index in [-0.39, 0.29) is 30.4 Å². The molecule has 2 fully saturated rings. The third-order valence-corrected chi connectivity index (χ3v) is 8.12. The molecule has 4 heterocycles. The van der Waals surface area contributed by atoms with Crippen molar-refractivity contribution in [2.75, 3.05) is 32.7 Å². The molecular weight excluding hydrogens is 418 g/mol. The zero-order valence-corrected chi connectivity index (χ0v) is 18.0. The number of sulfonamides is 1. The monoisotopic (exact) mass is 443 g/mol. The maximum absolute atomic E-state index is 12.9. The predicted molar refractivity (Wildman–Crippen MR) is 114 cm³/mol. The van der Waals surface area contributed by atoms with E-state index in [0.717, 1.165) is 16.7 Å². The second kappa shape index (κ2) is 7.35. The third kappa shape index (κ3) is 3.44. The standard InChI is InChI=1S/C21H25N5O4S/c1-24-20-17(8-5-9-22-20)19(23-24)15-10-25(11-15)13-21(28)14-26(12-18(21)27)31(29,30)16-6-3-2-4-7-16/h2-9,15,18,27-28H,10-14H2,1H3/t18-,21+/m1/s1. The highest BCUT2D eigenvalue weighted by Crippen LogP contribution is 2.34. The Morgan fingerprint density at radius 2 is 1.87 bits per heavy atom. The van der Waals surface area contributed by atoms with Crippen molar-refractivity contribution in [3.05, 3.63) is 54.4 Å². The Morgan fingerprint density at radius 3 is 2.61 bits per heavy atom. The maximum atomic E-state index is 12.9. The van der Waals surface area contributed by atoms with Crippen molar-refractivity contribution in [1.82, 2.24) is 24.0 Å². The summed E-state index contributed by atoms with van der Waals surface area (Å²) >= 11 is 0. The fourth-order valence-electron chi connectivity index (χ4n) is 4.60. The van der Waals surface area contributed by atoms with Crippen LogP contribution in [0, 0.1) is 0 Å². The molecule has 2 saturated heterocycles. The molecule has 0 spiro atoms. The van der Waals surface area contributed by atoms with Gasteiger partial charge in [-0.1, -0.05) is 18.2 Å². The summed E-state index contributed by atoms with van der Waals surface area (Å²) in [4.78, 5) is 6.56. The maximum Gasteiger partial charge on any atom is 0.243 e. The number of hydrogen-bond acceptors (Lipinski definition) is 7. The summed E-state index contributed by atoms with van der Waals surface area (Å²) in [5.74, 6) is 0.208. The van der Waals surface area contributed by atoms with Crippen LogP contribution in [-0.4, -0.2) is 87.0 Å². The number of rotatable bonds is 5. The highest BCUT2D eigenvalue weighted by Gasteiger charge is 2.50. The molecule has 2 aromatic heterocycles. The number of aryl methyl sites for hydroxylation is 1. The van der Waals surface area contributed by atoms with Gasteiger partial charge in [-0.15, -0.1) is 0 Å². The summed E-state index contributed by atoms with van der Waals surface area (Å²) in [5, 5.41) is 27.2. The Labute approximate surface area is 180 Å². The topological polar surface area (TPSA) is 112 Å². The molecule has 5 rings (SSSR count). The number of aliphatic hydroxyl groups excluding tert-OH is 1. The molecule has 10 heteroatoms. The third-order valence-electron chi connectivity index (χ3n) is 6.30. The first-order valence-corrected chi connectivity index (χ1v) is 11.7. The Hall–Kier alpha value is -2.37. The number of aromatic nitrogens is 3. The highest BCUT2D eigenvalue weighted by molar-refractivity contribution is 7.89. The zero-order valence-electron chi connectivity index (χ0n) is 17.2. The number of aliphatic hydroxyl groups is 2. The smallest absolute Gasteiger partial charge is 0.243 e. The molecule has 3 aromatic rings. The molecular formula is C21H25N5O4S. The number of likely N-dealkylation sites (tertiary alicyclic amines) is 1. The molecule has 2 N–H and O–H groups in total. The van der Waals surface area contributed by atoms with Crippen molar-refractivity contribution < 1.29 is 18.6 Å². The van der Waals surface area contributed by atoms with Gasteiger partial charge in [-0.3, -0.25) is 9.58 Å². The minimum absolute atomic E-state index is 0.123. The lowest BCUT2D eigenvalue weighted by atomic mass is 9.91.